The summed E-state index contributed by atoms with van der Waals surface area (Å²) in [7, 11) is 0. The summed E-state index contributed by atoms with van der Waals surface area (Å²) in [6.45, 7) is 2.41. The predicted octanol–water partition coefficient (Wildman–Crippen LogP) is 3.71. The molecule has 0 saturated carbocycles. The second-order valence-electron chi connectivity index (χ2n) is 4.43. The first-order valence-corrected chi connectivity index (χ1v) is 7.57. The number of nitrogens with one attached hydrogen (secondary N) is 1. The first-order chi connectivity index (χ1) is 9.60. The van der Waals surface area contributed by atoms with Gasteiger partial charge in [0.1, 0.15) is 11.9 Å². The van der Waals surface area contributed by atoms with Gasteiger partial charge in [0.2, 0.25) is 0 Å². The fourth-order valence-electron chi connectivity index (χ4n) is 1.91. The van der Waals surface area contributed by atoms with Gasteiger partial charge in [-0.3, -0.25) is 4.98 Å². The van der Waals surface area contributed by atoms with Crippen molar-refractivity contribution in [3.63, 3.8) is 0 Å². The number of hydrogen-bond acceptors (Lipinski definition) is 4. The molecule has 2 rings (SSSR count). The van der Waals surface area contributed by atoms with E-state index in [9.17, 15) is 9.50 Å². The van der Waals surface area contributed by atoms with Gasteiger partial charge in [-0.15, -0.1) is 11.3 Å². The van der Waals surface area contributed by atoms with Crippen LogP contribution in [0.25, 0.3) is 0 Å². The van der Waals surface area contributed by atoms with Gasteiger partial charge >= 0.3 is 0 Å². The van der Waals surface area contributed by atoms with Gasteiger partial charge in [-0.05, 0) is 30.7 Å². The van der Waals surface area contributed by atoms with Gasteiger partial charge in [-0.2, -0.15) is 0 Å². The van der Waals surface area contributed by atoms with Crippen LogP contribution in [0.1, 0.15) is 36.1 Å². The third-order valence-electron chi connectivity index (χ3n) is 3.00. The van der Waals surface area contributed by atoms with Crippen molar-refractivity contribution in [1.82, 2.24) is 10.3 Å². The maximum Gasteiger partial charge on any atom is 0.141 e. The highest BCUT2D eigenvalue weighted by Crippen LogP contribution is 2.27. The molecule has 2 aromatic heterocycles. The van der Waals surface area contributed by atoms with Gasteiger partial charge in [-0.25, -0.2) is 4.39 Å². The molecular formula is C14H16ClFN2OS. The fourth-order valence-corrected chi connectivity index (χ4v) is 2.96. The van der Waals surface area contributed by atoms with E-state index >= 15 is 0 Å². The van der Waals surface area contributed by atoms with E-state index in [1.807, 2.05) is 13.0 Å². The summed E-state index contributed by atoms with van der Waals surface area (Å²) in [4.78, 5) is 4.89. The van der Waals surface area contributed by atoms with Crippen molar-refractivity contribution in [3.05, 3.63) is 51.2 Å². The number of halogens is 2. The van der Waals surface area contributed by atoms with E-state index in [1.165, 1.54) is 23.6 Å². The number of aliphatic hydroxyl groups is 1. The van der Waals surface area contributed by atoms with Crippen molar-refractivity contribution < 1.29 is 9.50 Å². The molecule has 0 amide bonds. The van der Waals surface area contributed by atoms with E-state index in [-0.39, 0.29) is 11.9 Å². The lowest BCUT2D eigenvalue weighted by Crippen LogP contribution is -2.26. The Labute approximate surface area is 126 Å². The van der Waals surface area contributed by atoms with Crippen LogP contribution in [0.3, 0.4) is 0 Å². The number of aromatic nitrogens is 1. The summed E-state index contributed by atoms with van der Waals surface area (Å²) in [6, 6.07) is 6.62. The van der Waals surface area contributed by atoms with Crippen molar-refractivity contribution in [2.24, 2.45) is 0 Å². The lowest BCUT2D eigenvalue weighted by Gasteiger charge is -2.18. The Morgan fingerprint density at radius 1 is 1.40 bits per heavy atom. The van der Waals surface area contributed by atoms with Crippen LogP contribution in [-0.2, 0) is 0 Å². The zero-order valence-corrected chi connectivity index (χ0v) is 12.6. The number of aliphatic hydroxyl groups excluding tert-OH is 1. The normalized spacial score (nSPS) is 14.2. The Morgan fingerprint density at radius 2 is 2.20 bits per heavy atom. The minimum atomic E-state index is -0.609. The van der Waals surface area contributed by atoms with Gasteiger partial charge in [0, 0.05) is 17.5 Å². The SMILES string of the molecule is CCC(NCC(O)c1ccc(Cl)s1)c1ccc(F)cn1. The van der Waals surface area contributed by atoms with E-state index in [2.05, 4.69) is 10.3 Å². The molecular weight excluding hydrogens is 299 g/mol. The van der Waals surface area contributed by atoms with Crippen LogP contribution in [-0.4, -0.2) is 16.6 Å². The largest absolute Gasteiger partial charge is 0.386 e. The molecule has 0 aliphatic carbocycles. The van der Waals surface area contributed by atoms with E-state index in [0.717, 1.165) is 17.0 Å². The van der Waals surface area contributed by atoms with Crippen molar-refractivity contribution in [3.8, 4) is 0 Å². The van der Waals surface area contributed by atoms with Gasteiger partial charge in [-0.1, -0.05) is 18.5 Å². The third-order valence-corrected chi connectivity index (χ3v) is 4.33. The summed E-state index contributed by atoms with van der Waals surface area (Å²) < 4.78 is 13.5. The third kappa shape index (κ3) is 3.99. The molecule has 6 heteroatoms. The standard InChI is InChI=1S/C14H16ClFN2OS/c1-2-10(11-4-3-9(16)7-17-11)18-8-12(19)13-5-6-14(15)20-13/h3-7,10,12,18-19H,2,8H2,1H3. The lowest BCUT2D eigenvalue weighted by molar-refractivity contribution is 0.172. The van der Waals surface area contributed by atoms with Crippen molar-refractivity contribution in [2.45, 2.75) is 25.5 Å². The minimum Gasteiger partial charge on any atom is -0.386 e. The van der Waals surface area contributed by atoms with Crippen LogP contribution in [0.2, 0.25) is 4.34 Å². The van der Waals surface area contributed by atoms with Crippen LogP contribution in [0.15, 0.2) is 30.5 Å². The van der Waals surface area contributed by atoms with Gasteiger partial charge in [0.05, 0.1) is 16.2 Å². The molecule has 0 fully saturated rings. The highest BCUT2D eigenvalue weighted by Gasteiger charge is 2.15. The first kappa shape index (κ1) is 15.4. The highest BCUT2D eigenvalue weighted by atomic mass is 35.5. The fraction of sp³-hybridized carbons (Fsp3) is 0.357. The van der Waals surface area contributed by atoms with Crippen LogP contribution < -0.4 is 5.32 Å². The second-order valence-corrected chi connectivity index (χ2v) is 6.17. The van der Waals surface area contributed by atoms with Gasteiger partial charge in [0.15, 0.2) is 0 Å². The smallest absolute Gasteiger partial charge is 0.141 e. The highest BCUT2D eigenvalue weighted by molar-refractivity contribution is 7.16. The molecule has 0 bridgehead atoms. The number of rotatable bonds is 6. The topological polar surface area (TPSA) is 45.1 Å². The Kier molecular flexibility index (Phi) is 5.48. The van der Waals surface area contributed by atoms with Gasteiger partial charge in [0.25, 0.3) is 0 Å². The quantitative estimate of drug-likeness (QED) is 0.854. The number of pyridine rings is 1. The zero-order chi connectivity index (χ0) is 14.5. The molecule has 3 nitrogen and oxygen atoms in total. The average Bonchev–Trinajstić information content (AvgIpc) is 2.88. The van der Waals surface area contributed by atoms with Crippen molar-refractivity contribution in [2.75, 3.05) is 6.54 Å². The summed E-state index contributed by atoms with van der Waals surface area (Å²) in [5.74, 6) is -0.350. The summed E-state index contributed by atoms with van der Waals surface area (Å²) in [6.07, 6.45) is 1.40. The number of thiophene rings is 1. The maximum atomic E-state index is 12.9. The average molecular weight is 315 g/mol. The molecule has 0 aliphatic heterocycles. The molecule has 0 spiro atoms. The summed E-state index contributed by atoms with van der Waals surface area (Å²) in [5, 5.41) is 13.3. The van der Waals surface area contributed by atoms with Crippen LogP contribution in [0, 0.1) is 5.82 Å². The number of hydrogen-bond donors (Lipinski definition) is 2. The molecule has 2 aromatic rings. The number of nitrogens with zero attached hydrogens (tertiary/aromatic N) is 1. The minimum absolute atomic E-state index is 0.0133. The lowest BCUT2D eigenvalue weighted by atomic mass is 10.1. The summed E-state index contributed by atoms with van der Waals surface area (Å²) >= 11 is 7.21. The van der Waals surface area contributed by atoms with E-state index in [1.54, 1.807) is 12.1 Å². The van der Waals surface area contributed by atoms with Gasteiger partial charge < -0.3 is 10.4 Å². The maximum absolute atomic E-state index is 12.9. The molecule has 2 heterocycles. The van der Waals surface area contributed by atoms with Crippen molar-refractivity contribution in [1.29, 1.82) is 0 Å². The Balaban J connectivity index is 1.95. The monoisotopic (exact) mass is 314 g/mol. The van der Waals surface area contributed by atoms with Crippen LogP contribution in [0.5, 0.6) is 0 Å². The van der Waals surface area contributed by atoms with Crippen LogP contribution in [0.4, 0.5) is 4.39 Å². The van der Waals surface area contributed by atoms with Crippen molar-refractivity contribution >= 4 is 22.9 Å². The molecule has 0 aliphatic rings. The van der Waals surface area contributed by atoms with E-state index in [0.29, 0.717) is 10.9 Å². The van der Waals surface area contributed by atoms with E-state index < -0.39 is 6.10 Å². The Bertz CT molecular complexity index is 546. The second kappa shape index (κ2) is 7.13. The molecule has 2 atom stereocenters. The Hall–Kier alpha value is -1.01. The molecule has 0 aromatic carbocycles. The summed E-state index contributed by atoms with van der Waals surface area (Å²) in [5.41, 5.74) is 0.769. The van der Waals surface area contributed by atoms with Crippen LogP contribution >= 0.6 is 22.9 Å². The molecule has 0 saturated heterocycles. The Morgan fingerprint density at radius 3 is 2.75 bits per heavy atom. The predicted molar refractivity (Wildman–Crippen MR) is 79.5 cm³/mol. The van der Waals surface area contributed by atoms with E-state index in [4.69, 9.17) is 11.6 Å². The molecule has 20 heavy (non-hydrogen) atoms. The zero-order valence-electron chi connectivity index (χ0n) is 11.0. The first-order valence-electron chi connectivity index (χ1n) is 6.38. The molecule has 2 N–H and O–H groups in total. The molecule has 2 unspecified atom stereocenters. The molecule has 108 valence electrons. The molecule has 0 radical (unpaired) electrons.